The van der Waals surface area contributed by atoms with Crippen molar-refractivity contribution in [1.29, 1.82) is 0 Å². The lowest BCUT2D eigenvalue weighted by molar-refractivity contribution is 0.569. The summed E-state index contributed by atoms with van der Waals surface area (Å²) in [4.78, 5) is 2.46. The van der Waals surface area contributed by atoms with Crippen LogP contribution in [0.3, 0.4) is 0 Å². The number of aromatic nitrogens is 1. The third-order valence-electron chi connectivity index (χ3n) is 16.5. The van der Waals surface area contributed by atoms with Crippen molar-refractivity contribution in [2.24, 2.45) is 0 Å². The van der Waals surface area contributed by atoms with Gasteiger partial charge in [-0.1, -0.05) is 243 Å². The molecule has 12 aromatic rings. The van der Waals surface area contributed by atoms with Gasteiger partial charge in [0.15, 0.2) is 0 Å². The van der Waals surface area contributed by atoms with E-state index in [1.807, 2.05) is 0 Å². The molecular formula is C75H64N2. The van der Waals surface area contributed by atoms with Crippen molar-refractivity contribution in [2.75, 3.05) is 4.90 Å². The van der Waals surface area contributed by atoms with Crippen LogP contribution in [0.4, 0.5) is 17.1 Å². The first kappa shape index (κ1) is 48.0. The lowest BCUT2D eigenvalue weighted by Crippen LogP contribution is -2.16. The van der Waals surface area contributed by atoms with Crippen molar-refractivity contribution in [2.45, 2.75) is 71.6 Å². The van der Waals surface area contributed by atoms with Crippen LogP contribution in [-0.2, 0) is 16.2 Å². The van der Waals surface area contributed by atoms with E-state index in [0.29, 0.717) is 0 Å². The van der Waals surface area contributed by atoms with Gasteiger partial charge in [0, 0.05) is 44.4 Å². The minimum atomic E-state index is -0.0794. The van der Waals surface area contributed by atoms with Crippen molar-refractivity contribution in [3.8, 4) is 61.3 Å². The molecule has 77 heavy (non-hydrogen) atoms. The van der Waals surface area contributed by atoms with Gasteiger partial charge < -0.3 is 9.47 Å². The SMILES string of the molecule is CC(C)(C)c1cc(-c2cccc3cccc(-c4ccccc4N(c4ccc(-c5ccc6c(c5)C(C)(C)c5ccccc5-6)cc4)c4ccc(-c5cccc6c7ccccc7n(-c7ccccc7)c56)cc4)c23)cc(C(C)(C)C)c1. The van der Waals surface area contributed by atoms with E-state index in [-0.39, 0.29) is 16.2 Å². The van der Waals surface area contributed by atoms with E-state index < -0.39 is 0 Å². The Morgan fingerprint density at radius 3 is 1.60 bits per heavy atom. The number of benzene rings is 11. The molecule has 0 radical (unpaired) electrons. The van der Waals surface area contributed by atoms with Gasteiger partial charge in [0.2, 0.25) is 0 Å². The van der Waals surface area contributed by atoms with Crippen LogP contribution in [0.1, 0.15) is 77.6 Å². The van der Waals surface area contributed by atoms with Gasteiger partial charge in [-0.3, -0.25) is 0 Å². The molecule has 0 fully saturated rings. The van der Waals surface area contributed by atoms with E-state index in [1.54, 1.807) is 0 Å². The van der Waals surface area contributed by atoms with Crippen LogP contribution in [0.15, 0.2) is 243 Å². The Balaban J connectivity index is 0.982. The molecule has 13 rings (SSSR count). The molecule has 0 saturated carbocycles. The van der Waals surface area contributed by atoms with Gasteiger partial charge in [-0.2, -0.15) is 0 Å². The highest BCUT2D eigenvalue weighted by Gasteiger charge is 2.35. The number of hydrogen-bond donors (Lipinski definition) is 0. The second kappa shape index (κ2) is 18.2. The van der Waals surface area contributed by atoms with Gasteiger partial charge in [-0.05, 0) is 143 Å². The molecule has 0 N–H and O–H groups in total. The van der Waals surface area contributed by atoms with Crippen molar-refractivity contribution in [3.05, 3.63) is 265 Å². The predicted octanol–water partition coefficient (Wildman–Crippen LogP) is 21.0. The Labute approximate surface area is 454 Å². The zero-order chi connectivity index (χ0) is 52.8. The monoisotopic (exact) mass is 993 g/mol. The molecule has 1 aliphatic carbocycles. The fourth-order valence-corrected chi connectivity index (χ4v) is 12.4. The van der Waals surface area contributed by atoms with Crippen molar-refractivity contribution in [1.82, 2.24) is 4.57 Å². The van der Waals surface area contributed by atoms with Crippen LogP contribution >= 0.6 is 0 Å². The first-order valence-corrected chi connectivity index (χ1v) is 27.3. The lowest BCUT2D eigenvalue weighted by Gasteiger charge is -2.29. The summed E-state index contributed by atoms with van der Waals surface area (Å²) in [6, 6.07) is 90.7. The maximum absolute atomic E-state index is 2.46. The van der Waals surface area contributed by atoms with Crippen LogP contribution in [-0.4, -0.2) is 4.57 Å². The summed E-state index contributed by atoms with van der Waals surface area (Å²) < 4.78 is 2.43. The van der Waals surface area contributed by atoms with Crippen LogP contribution in [0.2, 0.25) is 0 Å². The van der Waals surface area contributed by atoms with Gasteiger partial charge >= 0.3 is 0 Å². The number of nitrogens with zero attached hydrogens (tertiary/aromatic N) is 2. The molecule has 1 aliphatic rings. The Bertz CT molecular complexity index is 4190. The number of para-hydroxylation sites is 4. The van der Waals surface area contributed by atoms with Gasteiger partial charge in [0.05, 0.1) is 16.7 Å². The Hall–Kier alpha value is -8.72. The molecule has 0 unspecified atom stereocenters. The molecule has 0 atom stereocenters. The third-order valence-corrected chi connectivity index (χ3v) is 16.5. The second-order valence-corrected chi connectivity index (χ2v) is 23.8. The van der Waals surface area contributed by atoms with E-state index in [0.717, 1.165) is 28.3 Å². The number of anilines is 3. The largest absolute Gasteiger partial charge is 0.310 e. The molecule has 0 amide bonds. The van der Waals surface area contributed by atoms with Gasteiger partial charge in [0.25, 0.3) is 0 Å². The first-order valence-electron chi connectivity index (χ1n) is 27.3. The molecule has 1 heterocycles. The molecule has 2 nitrogen and oxygen atoms in total. The summed E-state index contributed by atoms with van der Waals surface area (Å²) in [6.07, 6.45) is 0. The molecule has 11 aromatic carbocycles. The maximum Gasteiger partial charge on any atom is 0.0619 e. The number of fused-ring (bicyclic) bond motifs is 7. The smallest absolute Gasteiger partial charge is 0.0619 e. The summed E-state index contributed by atoms with van der Waals surface area (Å²) in [5, 5.41) is 4.96. The topological polar surface area (TPSA) is 8.17 Å². The molecular weight excluding hydrogens is 929 g/mol. The zero-order valence-electron chi connectivity index (χ0n) is 45.5. The van der Waals surface area contributed by atoms with Crippen LogP contribution in [0, 0.1) is 0 Å². The highest BCUT2D eigenvalue weighted by atomic mass is 15.1. The molecule has 374 valence electrons. The van der Waals surface area contributed by atoms with Crippen LogP contribution in [0.25, 0.3) is 93.9 Å². The average Bonchev–Trinajstić information content (AvgIpc) is 3.94. The Morgan fingerprint density at radius 2 is 0.896 bits per heavy atom. The van der Waals surface area contributed by atoms with Crippen LogP contribution < -0.4 is 4.90 Å². The summed E-state index contributed by atoms with van der Waals surface area (Å²) in [5.74, 6) is 0. The maximum atomic E-state index is 2.46. The normalized spacial score (nSPS) is 13.0. The quantitative estimate of drug-likeness (QED) is 0.147. The molecule has 0 aliphatic heterocycles. The second-order valence-electron chi connectivity index (χ2n) is 23.8. The summed E-state index contributed by atoms with van der Waals surface area (Å²) in [6.45, 7) is 18.7. The third kappa shape index (κ3) is 8.17. The van der Waals surface area contributed by atoms with E-state index >= 15 is 0 Å². The van der Waals surface area contributed by atoms with Crippen molar-refractivity contribution >= 4 is 49.6 Å². The first-order chi connectivity index (χ1) is 37.2. The molecule has 0 saturated heterocycles. The molecule has 1 aromatic heterocycles. The van der Waals surface area contributed by atoms with Crippen molar-refractivity contribution < 1.29 is 0 Å². The number of hydrogen-bond acceptors (Lipinski definition) is 1. The predicted molar refractivity (Wildman–Crippen MR) is 330 cm³/mol. The van der Waals surface area contributed by atoms with Crippen molar-refractivity contribution in [3.63, 3.8) is 0 Å². The van der Waals surface area contributed by atoms with E-state index in [4.69, 9.17) is 0 Å². The molecule has 0 spiro atoms. The molecule has 2 heteroatoms. The standard InChI is InChI=1S/C75H64N2/c1-73(2,3)54-45-53(46-55(48-54)74(4,5)6)59-28-18-21-51-22-19-30-65(71(51)59)63-26-13-16-33-69(63)76(57-40-35-49(36-41-57)52-39-44-62-61-25-12-15-32-67(61)75(7,8)68(62)47-52)58-42-37-50(38-43-58)60-29-20-31-66-64-27-14-17-34-70(64)77(72(60)66)56-23-10-9-11-24-56/h9-48H,1-8H3. The van der Waals surface area contributed by atoms with Crippen LogP contribution in [0.5, 0.6) is 0 Å². The molecule has 0 bridgehead atoms. The van der Waals surface area contributed by atoms with E-state index in [1.165, 1.54) is 105 Å². The average molecular weight is 993 g/mol. The fourth-order valence-electron chi connectivity index (χ4n) is 12.4. The minimum absolute atomic E-state index is 0.0164. The Morgan fingerprint density at radius 1 is 0.364 bits per heavy atom. The zero-order valence-corrected chi connectivity index (χ0v) is 45.5. The van der Waals surface area contributed by atoms with Gasteiger partial charge in [-0.15, -0.1) is 0 Å². The summed E-state index contributed by atoms with van der Waals surface area (Å²) in [7, 11) is 0. The Kier molecular flexibility index (Phi) is 11.4. The summed E-state index contributed by atoms with van der Waals surface area (Å²) >= 11 is 0. The number of rotatable bonds is 8. The highest BCUT2D eigenvalue weighted by molar-refractivity contribution is 6.14. The minimum Gasteiger partial charge on any atom is -0.310 e. The fraction of sp³-hybridized carbons (Fsp3) is 0.147. The van der Waals surface area contributed by atoms with Gasteiger partial charge in [0.1, 0.15) is 0 Å². The highest BCUT2D eigenvalue weighted by Crippen LogP contribution is 2.51. The van der Waals surface area contributed by atoms with Gasteiger partial charge in [-0.25, -0.2) is 0 Å². The summed E-state index contributed by atoms with van der Waals surface area (Å²) in [5.41, 5.74) is 24.5. The lowest BCUT2D eigenvalue weighted by atomic mass is 9.78. The van der Waals surface area contributed by atoms with E-state index in [9.17, 15) is 0 Å². The van der Waals surface area contributed by atoms with E-state index in [2.05, 4.69) is 308 Å².